The SMILES string of the molecule is C=CC(=O)OC(C)C1OC1CC(=O)OO[C@@H]1[C@@H](O)[C@H]2O[C@H]3[C@H](O)[C@@H](O)[C@@H](O[C@H]4[C@H](O)[C@@H](O)[C@@H](O[C@H]5[C@H](O)[C@@H](O)[C@@H](O[C@H]6[C@H](O)[C@@H](O)[C@@H](O[C@H]7[C@H](O)[C@@H](O)[C@@H](O[C@H]1[C@@H](CO)O2)O[C@@H]7CO)O[C@@H]6CO)O[C@@H]5CO)O[C@@H]4CO)O[C@@H]3CO. The molecule has 0 saturated carbocycles. The smallest absolute Gasteiger partial charge is 0.345 e. The number of aliphatic hydroxyl groups excluding tert-OH is 17. The minimum absolute atomic E-state index is 0.552. The first-order valence-electron chi connectivity index (χ1n) is 25.5. The Bertz CT molecular complexity index is 2000. The van der Waals surface area contributed by atoms with Gasteiger partial charge in [-0.05, 0) is 6.92 Å². The monoisotopic (exact) mass is 1170 g/mol. The van der Waals surface area contributed by atoms with Gasteiger partial charge < -0.3 is 153 Å². The van der Waals surface area contributed by atoms with Gasteiger partial charge in [-0.1, -0.05) is 6.58 Å². The van der Waals surface area contributed by atoms with E-state index in [-0.39, 0.29) is 0 Å². The lowest BCUT2D eigenvalue weighted by molar-refractivity contribution is -0.421. The Labute approximate surface area is 452 Å². The fraction of sp³-hybridized carbons (Fsp3) is 0.911. The molecule has 35 heteroatoms. The Balaban J connectivity index is 1.09. The molecule has 17 N–H and O–H groups in total. The average molecular weight is 1170 g/mol. The second-order valence-electron chi connectivity index (χ2n) is 20.1. The van der Waals surface area contributed by atoms with E-state index in [1.807, 2.05) is 0 Å². The quantitative estimate of drug-likeness (QED) is 0.0268. The Kier molecular flexibility index (Phi) is 21.6. The maximum Gasteiger partial charge on any atom is 0.345 e. The second-order valence-corrected chi connectivity index (χ2v) is 20.1. The predicted octanol–water partition coefficient (Wildman–Crippen LogP) is -12.3. The van der Waals surface area contributed by atoms with E-state index in [0.29, 0.717) is 0 Å². The molecule has 0 aromatic rings. The van der Waals surface area contributed by atoms with Crippen LogP contribution in [0.5, 0.6) is 0 Å². The van der Waals surface area contributed by atoms with Crippen LogP contribution >= 0.6 is 0 Å². The Morgan fingerprint density at radius 1 is 0.400 bits per heavy atom. The molecule has 0 aromatic carbocycles. The van der Waals surface area contributed by atoms with Gasteiger partial charge in [0.15, 0.2) is 43.8 Å². The fourth-order valence-corrected chi connectivity index (χ4v) is 10.4. The van der Waals surface area contributed by atoms with Crippen LogP contribution in [0.25, 0.3) is 0 Å². The molecule has 23 saturated heterocycles. The van der Waals surface area contributed by atoms with Gasteiger partial charge in [0.25, 0.3) is 0 Å². The van der Waals surface area contributed by atoms with Crippen molar-refractivity contribution in [3.05, 3.63) is 12.7 Å². The summed E-state index contributed by atoms with van der Waals surface area (Å²) >= 11 is 0. The van der Waals surface area contributed by atoms with E-state index in [9.17, 15) is 96.4 Å². The Hall–Kier alpha value is -2.56. The highest BCUT2D eigenvalue weighted by Gasteiger charge is 2.59. The maximum absolute atomic E-state index is 13.2. The summed E-state index contributed by atoms with van der Waals surface area (Å²) in [7, 11) is 0. The Morgan fingerprint density at radius 3 is 0.963 bits per heavy atom. The molecular formula is C45H70O35. The van der Waals surface area contributed by atoms with Gasteiger partial charge in [0.1, 0.15) is 153 Å². The van der Waals surface area contributed by atoms with Crippen molar-refractivity contribution in [2.75, 3.05) is 39.6 Å². The fourth-order valence-electron chi connectivity index (χ4n) is 10.4. The lowest BCUT2D eigenvalue weighted by atomic mass is 9.94. The molecule has 0 radical (unpaired) electrons. The van der Waals surface area contributed by atoms with E-state index in [4.69, 9.17) is 76.1 Å². The van der Waals surface area contributed by atoms with Crippen molar-refractivity contribution in [2.45, 2.75) is 216 Å². The first-order valence-corrected chi connectivity index (χ1v) is 25.5. The van der Waals surface area contributed by atoms with E-state index < -0.39 is 261 Å². The highest BCUT2D eigenvalue weighted by atomic mass is 17.2. The van der Waals surface area contributed by atoms with Crippen LogP contribution in [0.3, 0.4) is 0 Å². The number of ether oxygens (including phenoxy) is 14. The van der Waals surface area contributed by atoms with Crippen molar-refractivity contribution in [2.24, 2.45) is 0 Å². The summed E-state index contributed by atoms with van der Waals surface area (Å²) in [6, 6.07) is 0. The number of carbonyl (C=O) groups excluding carboxylic acids is 2. The van der Waals surface area contributed by atoms with Gasteiger partial charge in [-0.25, -0.2) is 9.59 Å². The summed E-state index contributed by atoms with van der Waals surface area (Å²) in [6.45, 7) is -1.60. The average Bonchev–Trinajstić information content (AvgIpc) is 4.23. The first kappa shape index (κ1) is 63.5. The molecule has 0 spiro atoms. The topological polar surface area (TPSA) is 529 Å². The number of carbonyl (C=O) groups is 2. The molecule has 23 aliphatic heterocycles. The number of hydrogen-bond acceptors (Lipinski definition) is 35. The van der Waals surface area contributed by atoms with Crippen LogP contribution in [-0.2, 0) is 85.7 Å². The van der Waals surface area contributed by atoms with E-state index in [1.54, 1.807) is 0 Å². The zero-order chi connectivity index (χ0) is 58.2. The number of hydrogen-bond donors (Lipinski definition) is 17. The summed E-state index contributed by atoms with van der Waals surface area (Å²) in [6.07, 6.45) is -63.1. The molecule has 23 heterocycles. The highest BCUT2D eigenvalue weighted by molar-refractivity contribution is 5.81. The van der Waals surface area contributed by atoms with E-state index in [2.05, 4.69) is 6.58 Å². The van der Waals surface area contributed by atoms with Gasteiger partial charge in [-0.3, -0.25) is 4.89 Å². The molecule has 0 aliphatic carbocycles. The Morgan fingerprint density at radius 2 is 0.675 bits per heavy atom. The third-order valence-corrected chi connectivity index (χ3v) is 14.8. The molecular weight excluding hydrogens is 1100 g/mol. The molecule has 35 nitrogen and oxygen atoms in total. The minimum Gasteiger partial charge on any atom is -0.457 e. The molecule has 0 amide bonds. The van der Waals surface area contributed by atoms with E-state index >= 15 is 0 Å². The summed E-state index contributed by atoms with van der Waals surface area (Å²) in [5, 5.41) is 189. The van der Waals surface area contributed by atoms with Crippen LogP contribution in [0, 0.1) is 0 Å². The summed E-state index contributed by atoms with van der Waals surface area (Å²) in [4.78, 5) is 35.3. The van der Waals surface area contributed by atoms with Gasteiger partial charge in [-0.15, -0.1) is 0 Å². The summed E-state index contributed by atoms with van der Waals surface area (Å²) in [5.41, 5.74) is 0. The van der Waals surface area contributed by atoms with Crippen molar-refractivity contribution in [1.82, 2.24) is 0 Å². The van der Waals surface area contributed by atoms with E-state index in [1.165, 1.54) is 6.92 Å². The van der Waals surface area contributed by atoms with Gasteiger partial charge in [0.05, 0.1) is 52.2 Å². The zero-order valence-corrected chi connectivity index (χ0v) is 42.2. The number of rotatable bonds is 13. The number of aliphatic hydroxyl groups is 17. The van der Waals surface area contributed by atoms with Crippen molar-refractivity contribution in [3.63, 3.8) is 0 Å². The summed E-state index contributed by atoms with van der Waals surface area (Å²) in [5.74, 6) is -1.95. The highest BCUT2D eigenvalue weighted by Crippen LogP contribution is 2.39. The van der Waals surface area contributed by atoms with Gasteiger partial charge in [0.2, 0.25) is 0 Å². The molecule has 33 atom stereocenters. The molecule has 23 rings (SSSR count). The second kappa shape index (κ2) is 27.2. The van der Waals surface area contributed by atoms with Crippen molar-refractivity contribution >= 4 is 11.9 Å². The van der Waals surface area contributed by atoms with Crippen LogP contribution in [-0.4, -0.2) is 341 Å². The van der Waals surface area contributed by atoms with Crippen molar-refractivity contribution in [1.29, 1.82) is 0 Å². The van der Waals surface area contributed by atoms with Crippen LogP contribution in [0.4, 0.5) is 0 Å². The van der Waals surface area contributed by atoms with Crippen molar-refractivity contribution < 1.29 is 172 Å². The van der Waals surface area contributed by atoms with Crippen molar-refractivity contribution in [3.8, 4) is 0 Å². The zero-order valence-electron chi connectivity index (χ0n) is 42.2. The molecule has 0 aromatic heterocycles. The normalized spacial score (nSPS) is 50.5. The number of esters is 1. The van der Waals surface area contributed by atoms with Gasteiger partial charge in [0, 0.05) is 6.08 Å². The maximum atomic E-state index is 13.2. The van der Waals surface area contributed by atoms with E-state index in [0.717, 1.165) is 6.08 Å². The van der Waals surface area contributed by atoms with Crippen LogP contribution in [0.2, 0.25) is 0 Å². The lowest BCUT2D eigenvalue weighted by Crippen LogP contribution is -2.69. The third kappa shape index (κ3) is 13.1. The molecule has 12 bridgehead atoms. The molecule has 23 aliphatic rings. The van der Waals surface area contributed by atoms with Crippen LogP contribution in [0.1, 0.15) is 13.3 Å². The minimum atomic E-state index is -2.30. The molecule has 460 valence electrons. The van der Waals surface area contributed by atoms with Crippen LogP contribution in [0.15, 0.2) is 12.7 Å². The van der Waals surface area contributed by atoms with Gasteiger partial charge in [-0.2, -0.15) is 4.89 Å². The molecule has 23 fully saturated rings. The largest absolute Gasteiger partial charge is 0.457 e. The third-order valence-electron chi connectivity index (χ3n) is 14.8. The molecule has 3 unspecified atom stereocenters. The number of epoxide rings is 1. The lowest BCUT2D eigenvalue weighted by Gasteiger charge is -2.50. The van der Waals surface area contributed by atoms with Gasteiger partial charge >= 0.3 is 11.9 Å². The standard InChI is InChI=1S/C45H70O35/c1-3-19(52)65-11(2)32-12(66-32)4-20(53)79-80-39-31(64)45-72-18(10-51)38(39)78-44-30(63)25(58)36(16(8-49)71-44)76-42-28(61)23(56)34(14(6-47)69-42)74-40-26(59)21(54)33(13(5-46)67-40)73-41-27(60)22(55)35(15(7-48)68-41)75-43-29(62)24(57)37(77-45)17(9-50)70-43/h3,11-18,21-51,54-64H,1,4-10H2,2H3/t11?,12?,13-,14-,15-,16-,17-,18-,21-,22-,23-,24-,25-,26-,27-,28-,29-,30-,31-,32?,33-,34-,35-,36-,37-,38+,39-,40-,41-,42-,43-,44-,45-/m1/s1. The first-order chi connectivity index (χ1) is 38.1. The summed E-state index contributed by atoms with van der Waals surface area (Å²) < 4.78 is 79.6. The predicted molar refractivity (Wildman–Crippen MR) is 240 cm³/mol. The molecule has 80 heavy (non-hydrogen) atoms. The van der Waals surface area contributed by atoms with Crippen LogP contribution < -0.4 is 0 Å².